The number of carbonyl (C=O) groups is 4. The summed E-state index contributed by atoms with van der Waals surface area (Å²) < 4.78 is 5.15. The van der Waals surface area contributed by atoms with Crippen LogP contribution in [0.3, 0.4) is 0 Å². The van der Waals surface area contributed by atoms with Crippen molar-refractivity contribution in [3.05, 3.63) is 47.2 Å². The monoisotopic (exact) mass is 501 g/mol. The average molecular weight is 502 g/mol. The normalized spacial score (nSPS) is 14.1. The maximum Gasteiger partial charge on any atom is 0.331 e. The highest BCUT2D eigenvalue weighted by molar-refractivity contribution is 6.03. The van der Waals surface area contributed by atoms with Crippen molar-refractivity contribution in [1.29, 1.82) is 0 Å². The molecule has 3 N–H and O–H groups in total. The number of nitrogens with zero attached hydrogens (tertiary/aromatic N) is 1. The van der Waals surface area contributed by atoms with E-state index in [1.165, 1.54) is 24.8 Å². The second-order valence-electron chi connectivity index (χ2n) is 10.1. The van der Waals surface area contributed by atoms with Crippen LogP contribution in [0.25, 0.3) is 6.08 Å². The number of rotatable bonds is 10. The summed E-state index contributed by atoms with van der Waals surface area (Å²) in [6.07, 6.45) is 3.05. The van der Waals surface area contributed by atoms with Crippen LogP contribution in [0.2, 0.25) is 0 Å². The average Bonchev–Trinajstić information content (AvgIpc) is 2.78. The molecular formula is C27H39N3O6. The second-order valence-corrected chi connectivity index (χ2v) is 10.1. The Balaban J connectivity index is 3.35. The number of benzene rings is 1. The van der Waals surface area contributed by atoms with E-state index in [2.05, 4.69) is 10.6 Å². The molecule has 0 aliphatic rings. The first-order chi connectivity index (χ1) is 16.6. The number of hydrogen-bond donors (Lipinski definition) is 3. The number of nitrogens with one attached hydrogen (secondary N) is 2. The van der Waals surface area contributed by atoms with E-state index in [0.29, 0.717) is 11.3 Å². The summed E-state index contributed by atoms with van der Waals surface area (Å²) >= 11 is 0. The van der Waals surface area contributed by atoms with Gasteiger partial charge >= 0.3 is 5.97 Å². The van der Waals surface area contributed by atoms with Crippen LogP contribution >= 0.6 is 0 Å². The molecule has 0 radical (unpaired) electrons. The van der Waals surface area contributed by atoms with E-state index in [0.717, 1.165) is 0 Å². The van der Waals surface area contributed by atoms with Gasteiger partial charge in [0.25, 0.3) is 5.91 Å². The molecule has 1 rings (SSSR count). The molecule has 9 nitrogen and oxygen atoms in total. The van der Waals surface area contributed by atoms with Crippen molar-refractivity contribution in [2.45, 2.75) is 60.5 Å². The fraction of sp³-hybridized carbons (Fsp3) is 0.481. The fourth-order valence-corrected chi connectivity index (χ4v) is 3.50. The van der Waals surface area contributed by atoms with E-state index < -0.39 is 35.3 Å². The van der Waals surface area contributed by atoms with Crippen molar-refractivity contribution >= 4 is 29.8 Å². The zero-order valence-electron chi connectivity index (χ0n) is 22.6. The molecule has 36 heavy (non-hydrogen) atoms. The number of aliphatic carboxylic acids is 1. The molecule has 0 saturated carbocycles. The summed E-state index contributed by atoms with van der Waals surface area (Å²) in [5.41, 5.74) is 0.0780. The Kier molecular flexibility index (Phi) is 10.9. The van der Waals surface area contributed by atoms with E-state index in [1.54, 1.807) is 44.5 Å². The number of carbonyl (C=O) groups excluding carboxylic acids is 3. The molecular weight excluding hydrogens is 462 g/mol. The van der Waals surface area contributed by atoms with Gasteiger partial charge in [0.2, 0.25) is 11.8 Å². The van der Waals surface area contributed by atoms with Gasteiger partial charge in [-0.1, -0.05) is 52.8 Å². The van der Waals surface area contributed by atoms with Crippen LogP contribution in [0.1, 0.15) is 54.0 Å². The molecule has 0 heterocycles. The highest BCUT2D eigenvalue weighted by atomic mass is 16.5. The Labute approximate surface area is 213 Å². The van der Waals surface area contributed by atoms with E-state index in [1.807, 2.05) is 34.6 Å². The molecule has 2 atom stereocenters. The van der Waals surface area contributed by atoms with Crippen LogP contribution in [-0.2, 0) is 19.2 Å². The minimum atomic E-state index is -1.06. The summed E-state index contributed by atoms with van der Waals surface area (Å²) in [5.74, 6) is -1.93. The predicted octanol–water partition coefficient (Wildman–Crippen LogP) is 3.22. The van der Waals surface area contributed by atoms with Crippen molar-refractivity contribution in [3.8, 4) is 5.75 Å². The van der Waals surface area contributed by atoms with Gasteiger partial charge in [0.1, 0.15) is 17.5 Å². The summed E-state index contributed by atoms with van der Waals surface area (Å²) in [6.45, 7) is 12.0. The molecule has 3 amide bonds. The molecule has 0 bridgehead atoms. The minimum Gasteiger partial charge on any atom is -0.497 e. The standard InChI is InChI=1S/C27H39N3O6/c1-16(2)22(14-17(3)26(34)35)30(8)25(33)23(27(5,6)7)29-24(32)21(28-18(4)31)15-19-10-12-20(36-9)13-11-19/h10-16,22-23H,1-9H3,(H,28,31)(H,29,32)(H,34,35)/b17-14+,21-15-/t22-,23-/m1/s1. The van der Waals surface area contributed by atoms with Gasteiger partial charge in [0, 0.05) is 19.5 Å². The van der Waals surface area contributed by atoms with Gasteiger partial charge in [-0.05, 0) is 42.0 Å². The highest BCUT2D eigenvalue weighted by Gasteiger charge is 2.37. The number of methoxy groups -OCH3 is 1. The second kappa shape index (κ2) is 12.9. The molecule has 0 aliphatic heterocycles. The number of hydrogen-bond acceptors (Lipinski definition) is 5. The Morgan fingerprint density at radius 1 is 1.06 bits per heavy atom. The maximum absolute atomic E-state index is 13.6. The summed E-state index contributed by atoms with van der Waals surface area (Å²) in [5, 5.41) is 14.6. The quantitative estimate of drug-likeness (QED) is 0.423. The molecule has 0 spiro atoms. The molecule has 0 fully saturated rings. The number of carboxylic acids is 1. The number of ether oxygens (including phenoxy) is 1. The minimum absolute atomic E-state index is 0.0144. The largest absolute Gasteiger partial charge is 0.497 e. The molecule has 0 unspecified atom stereocenters. The first-order valence-corrected chi connectivity index (χ1v) is 11.7. The van der Waals surface area contributed by atoms with Crippen LogP contribution in [-0.4, -0.2) is 59.9 Å². The van der Waals surface area contributed by atoms with Crippen LogP contribution in [0.5, 0.6) is 5.75 Å². The maximum atomic E-state index is 13.6. The van der Waals surface area contributed by atoms with Crippen LogP contribution in [0.15, 0.2) is 41.6 Å². The number of amides is 3. The lowest BCUT2D eigenvalue weighted by molar-refractivity contribution is -0.139. The third kappa shape index (κ3) is 8.87. The van der Waals surface area contributed by atoms with Crippen molar-refractivity contribution in [3.63, 3.8) is 0 Å². The zero-order chi connectivity index (χ0) is 27.8. The van der Waals surface area contributed by atoms with Crippen molar-refractivity contribution < 1.29 is 29.0 Å². The molecule has 0 aromatic heterocycles. The van der Waals surface area contributed by atoms with Gasteiger partial charge in [-0.2, -0.15) is 0 Å². The molecule has 9 heteroatoms. The zero-order valence-corrected chi connectivity index (χ0v) is 22.6. The molecule has 1 aromatic carbocycles. The first-order valence-electron chi connectivity index (χ1n) is 11.7. The lowest BCUT2D eigenvalue weighted by Crippen LogP contribution is -2.57. The predicted molar refractivity (Wildman–Crippen MR) is 139 cm³/mol. The first kappa shape index (κ1) is 30.4. The highest BCUT2D eigenvalue weighted by Crippen LogP contribution is 2.24. The Hall–Kier alpha value is -3.62. The third-order valence-electron chi connectivity index (χ3n) is 5.61. The molecule has 1 aromatic rings. The Morgan fingerprint density at radius 2 is 1.61 bits per heavy atom. The lowest BCUT2D eigenvalue weighted by Gasteiger charge is -2.37. The fourth-order valence-electron chi connectivity index (χ4n) is 3.50. The third-order valence-corrected chi connectivity index (χ3v) is 5.61. The molecule has 0 aliphatic carbocycles. The lowest BCUT2D eigenvalue weighted by atomic mass is 9.85. The smallest absolute Gasteiger partial charge is 0.331 e. The van der Waals surface area contributed by atoms with Gasteiger partial charge in [0.05, 0.1) is 13.2 Å². The van der Waals surface area contributed by atoms with Gasteiger partial charge in [-0.15, -0.1) is 0 Å². The Morgan fingerprint density at radius 3 is 2.03 bits per heavy atom. The SMILES string of the molecule is COc1ccc(/C=C(\NC(C)=O)C(=O)N[C@H](C(=O)N(C)[C@H](/C=C(\C)C(=O)O)C(C)C)C(C)(C)C)cc1. The summed E-state index contributed by atoms with van der Waals surface area (Å²) in [4.78, 5) is 51.5. The van der Waals surface area contributed by atoms with Crippen LogP contribution in [0.4, 0.5) is 0 Å². The van der Waals surface area contributed by atoms with Gasteiger partial charge in [0.15, 0.2) is 0 Å². The van der Waals surface area contributed by atoms with E-state index in [-0.39, 0.29) is 23.1 Å². The van der Waals surface area contributed by atoms with E-state index >= 15 is 0 Å². The summed E-state index contributed by atoms with van der Waals surface area (Å²) in [7, 11) is 3.13. The molecule has 198 valence electrons. The van der Waals surface area contributed by atoms with Gasteiger partial charge < -0.3 is 25.4 Å². The van der Waals surface area contributed by atoms with Gasteiger partial charge in [-0.3, -0.25) is 14.4 Å². The van der Waals surface area contributed by atoms with Gasteiger partial charge in [-0.25, -0.2) is 4.79 Å². The van der Waals surface area contributed by atoms with Crippen LogP contribution in [0, 0.1) is 11.3 Å². The summed E-state index contributed by atoms with van der Waals surface area (Å²) in [6, 6.07) is 5.47. The molecule has 0 saturated heterocycles. The van der Waals surface area contributed by atoms with Crippen molar-refractivity contribution in [2.75, 3.05) is 14.2 Å². The number of carboxylic acid groups (broad SMARTS) is 1. The van der Waals surface area contributed by atoms with Crippen molar-refractivity contribution in [1.82, 2.24) is 15.5 Å². The Bertz CT molecular complexity index is 1020. The van der Waals surface area contributed by atoms with E-state index in [4.69, 9.17) is 4.74 Å². The van der Waals surface area contributed by atoms with E-state index in [9.17, 15) is 24.3 Å². The number of likely N-dealkylation sites (N-methyl/N-ethyl adjacent to an activating group) is 1. The van der Waals surface area contributed by atoms with Crippen molar-refractivity contribution in [2.24, 2.45) is 11.3 Å². The topological polar surface area (TPSA) is 125 Å². The van der Waals surface area contributed by atoms with Crippen LogP contribution < -0.4 is 15.4 Å².